The molecule has 26 heavy (non-hydrogen) atoms. The van der Waals surface area contributed by atoms with Crippen molar-refractivity contribution in [3.05, 3.63) is 30.6 Å². The molecule has 2 aliphatic rings. The minimum Gasteiger partial charge on any atom is -0.324 e. The minimum atomic E-state index is -0.414. The standard InChI is InChI=1S/C18H21N5O2S/c1-3-22-11-19-21-16(22)12-5-4-6-13(9-12)20-17(25)14-10-26-18(2)8-7-15(24)23(14)18/h4-6,9,11,14H,3,7-8,10H2,1-2H3,(H,20,25). The van der Waals surface area contributed by atoms with Crippen LogP contribution in [0.4, 0.5) is 5.69 Å². The van der Waals surface area contributed by atoms with Crippen molar-refractivity contribution >= 4 is 29.3 Å². The van der Waals surface area contributed by atoms with Crippen LogP contribution in [0.15, 0.2) is 30.6 Å². The van der Waals surface area contributed by atoms with Crippen LogP contribution in [-0.2, 0) is 16.1 Å². The summed E-state index contributed by atoms with van der Waals surface area (Å²) in [5.74, 6) is 1.34. The van der Waals surface area contributed by atoms with Gasteiger partial charge in [-0.1, -0.05) is 12.1 Å². The fraction of sp³-hybridized carbons (Fsp3) is 0.444. The van der Waals surface area contributed by atoms with Crippen molar-refractivity contribution in [1.29, 1.82) is 0 Å². The fourth-order valence-electron chi connectivity index (χ4n) is 3.69. The molecule has 2 fully saturated rings. The molecule has 1 N–H and O–H groups in total. The van der Waals surface area contributed by atoms with E-state index in [4.69, 9.17) is 0 Å². The van der Waals surface area contributed by atoms with Gasteiger partial charge in [-0.15, -0.1) is 22.0 Å². The summed E-state index contributed by atoms with van der Waals surface area (Å²) < 4.78 is 1.95. The van der Waals surface area contributed by atoms with Crippen LogP contribution < -0.4 is 5.32 Å². The Kier molecular flexibility index (Phi) is 4.22. The van der Waals surface area contributed by atoms with Gasteiger partial charge in [0.1, 0.15) is 12.4 Å². The lowest BCUT2D eigenvalue weighted by molar-refractivity contribution is -0.135. The predicted octanol–water partition coefficient (Wildman–Crippen LogP) is 2.36. The summed E-state index contributed by atoms with van der Waals surface area (Å²) >= 11 is 1.69. The fourth-order valence-corrected chi connectivity index (χ4v) is 5.12. The molecule has 4 rings (SSSR count). The van der Waals surface area contributed by atoms with Crippen molar-refractivity contribution < 1.29 is 9.59 Å². The van der Waals surface area contributed by atoms with Crippen LogP contribution in [0.3, 0.4) is 0 Å². The van der Waals surface area contributed by atoms with E-state index in [1.807, 2.05) is 42.7 Å². The molecule has 1 aromatic carbocycles. The molecular weight excluding hydrogens is 350 g/mol. The number of carbonyl (C=O) groups excluding carboxylic acids is 2. The smallest absolute Gasteiger partial charge is 0.248 e. The maximum absolute atomic E-state index is 12.8. The average Bonchev–Trinajstić information content (AvgIpc) is 3.31. The van der Waals surface area contributed by atoms with Crippen LogP contribution in [0, 0.1) is 0 Å². The van der Waals surface area contributed by atoms with E-state index in [0.29, 0.717) is 17.9 Å². The zero-order valence-electron chi connectivity index (χ0n) is 14.8. The van der Waals surface area contributed by atoms with E-state index >= 15 is 0 Å². The monoisotopic (exact) mass is 371 g/mol. The Morgan fingerprint density at radius 3 is 3.12 bits per heavy atom. The Morgan fingerprint density at radius 2 is 2.31 bits per heavy atom. The molecule has 2 amide bonds. The number of anilines is 1. The number of benzene rings is 1. The van der Waals surface area contributed by atoms with E-state index < -0.39 is 6.04 Å². The Hall–Kier alpha value is -2.35. The number of rotatable bonds is 4. The highest BCUT2D eigenvalue weighted by atomic mass is 32.2. The average molecular weight is 371 g/mol. The maximum Gasteiger partial charge on any atom is 0.248 e. The molecule has 2 saturated heterocycles. The molecule has 7 nitrogen and oxygen atoms in total. The van der Waals surface area contributed by atoms with Gasteiger partial charge < -0.3 is 14.8 Å². The van der Waals surface area contributed by atoms with Gasteiger partial charge in [0, 0.05) is 30.0 Å². The van der Waals surface area contributed by atoms with Crippen molar-refractivity contribution in [3.8, 4) is 11.4 Å². The number of aromatic nitrogens is 3. The number of hydrogen-bond donors (Lipinski definition) is 1. The van der Waals surface area contributed by atoms with E-state index in [9.17, 15) is 9.59 Å². The van der Waals surface area contributed by atoms with Gasteiger partial charge in [0.2, 0.25) is 11.8 Å². The largest absolute Gasteiger partial charge is 0.324 e. The molecule has 0 saturated carbocycles. The summed E-state index contributed by atoms with van der Waals surface area (Å²) in [6, 6.07) is 7.15. The molecule has 0 radical (unpaired) electrons. The Morgan fingerprint density at radius 1 is 1.46 bits per heavy atom. The second kappa shape index (κ2) is 6.42. The number of nitrogens with one attached hydrogen (secondary N) is 1. The van der Waals surface area contributed by atoms with E-state index in [1.54, 1.807) is 23.0 Å². The summed E-state index contributed by atoms with van der Waals surface area (Å²) in [5, 5.41) is 11.1. The zero-order chi connectivity index (χ0) is 18.3. The third-order valence-electron chi connectivity index (χ3n) is 5.09. The van der Waals surface area contributed by atoms with E-state index in [2.05, 4.69) is 15.5 Å². The Bertz CT molecular complexity index is 867. The molecule has 3 heterocycles. The molecule has 2 aliphatic heterocycles. The van der Waals surface area contributed by atoms with Gasteiger partial charge in [-0.05, 0) is 32.4 Å². The van der Waals surface area contributed by atoms with Crippen molar-refractivity contribution in [3.63, 3.8) is 0 Å². The van der Waals surface area contributed by atoms with Crippen LogP contribution in [0.25, 0.3) is 11.4 Å². The van der Waals surface area contributed by atoms with E-state index in [1.165, 1.54) is 0 Å². The third-order valence-corrected chi connectivity index (χ3v) is 6.60. The number of amides is 2. The van der Waals surface area contributed by atoms with Crippen LogP contribution in [0.5, 0.6) is 0 Å². The number of nitrogens with zero attached hydrogens (tertiary/aromatic N) is 4. The summed E-state index contributed by atoms with van der Waals surface area (Å²) in [6.45, 7) is 4.85. The third kappa shape index (κ3) is 2.78. The van der Waals surface area contributed by atoms with Gasteiger partial charge in [-0.2, -0.15) is 0 Å². The number of aryl methyl sites for hydroxylation is 1. The SMILES string of the molecule is CCn1cnnc1-c1cccc(NC(=O)C2CSC3(C)CCC(=O)N23)c1. The molecule has 136 valence electrons. The minimum absolute atomic E-state index is 0.0717. The van der Waals surface area contributed by atoms with Gasteiger partial charge in [-0.25, -0.2) is 0 Å². The molecule has 2 atom stereocenters. The highest BCUT2D eigenvalue weighted by Gasteiger charge is 2.52. The lowest BCUT2D eigenvalue weighted by Gasteiger charge is -2.29. The first-order valence-corrected chi connectivity index (χ1v) is 9.75. The first-order valence-electron chi connectivity index (χ1n) is 8.77. The molecule has 1 aromatic heterocycles. The van der Waals surface area contributed by atoms with Crippen molar-refractivity contribution in [1.82, 2.24) is 19.7 Å². The Balaban J connectivity index is 1.54. The molecule has 0 spiro atoms. The van der Waals surface area contributed by atoms with Crippen LogP contribution in [0.1, 0.15) is 26.7 Å². The summed E-state index contributed by atoms with van der Waals surface area (Å²) in [4.78, 5) is 26.6. The molecule has 2 aromatic rings. The number of carbonyl (C=O) groups is 2. The molecule has 0 aliphatic carbocycles. The first kappa shape index (κ1) is 17.1. The highest BCUT2D eigenvalue weighted by molar-refractivity contribution is 8.01. The summed E-state index contributed by atoms with van der Waals surface area (Å²) in [7, 11) is 0. The first-order chi connectivity index (χ1) is 12.5. The number of hydrogen-bond acceptors (Lipinski definition) is 5. The summed E-state index contributed by atoms with van der Waals surface area (Å²) in [5.41, 5.74) is 1.59. The van der Waals surface area contributed by atoms with E-state index in [-0.39, 0.29) is 16.7 Å². The maximum atomic E-state index is 12.8. The zero-order valence-corrected chi connectivity index (χ0v) is 15.6. The second-order valence-electron chi connectivity index (χ2n) is 6.78. The Labute approximate surface area is 156 Å². The van der Waals surface area contributed by atoms with Crippen LogP contribution >= 0.6 is 11.8 Å². The molecule has 0 bridgehead atoms. The molecule has 2 unspecified atom stereocenters. The predicted molar refractivity (Wildman–Crippen MR) is 100 cm³/mol. The summed E-state index contributed by atoms with van der Waals surface area (Å²) in [6.07, 6.45) is 3.02. The van der Waals surface area contributed by atoms with Crippen molar-refractivity contribution in [2.75, 3.05) is 11.1 Å². The van der Waals surface area contributed by atoms with Gasteiger partial charge in [0.05, 0.1) is 4.87 Å². The van der Waals surface area contributed by atoms with Crippen LogP contribution in [0.2, 0.25) is 0 Å². The van der Waals surface area contributed by atoms with E-state index in [0.717, 1.165) is 24.4 Å². The molecular formula is C18H21N5O2S. The van der Waals surface area contributed by atoms with Gasteiger partial charge in [-0.3, -0.25) is 9.59 Å². The highest BCUT2D eigenvalue weighted by Crippen LogP contribution is 2.47. The molecule has 8 heteroatoms. The lowest BCUT2D eigenvalue weighted by atomic mass is 10.1. The van der Waals surface area contributed by atoms with Gasteiger partial charge in [0.15, 0.2) is 5.82 Å². The number of thioether (sulfide) groups is 1. The van der Waals surface area contributed by atoms with Crippen LogP contribution in [-0.4, -0.2) is 48.1 Å². The topological polar surface area (TPSA) is 80.1 Å². The van der Waals surface area contributed by atoms with Gasteiger partial charge in [0.25, 0.3) is 0 Å². The second-order valence-corrected chi connectivity index (χ2v) is 8.28. The van der Waals surface area contributed by atoms with Gasteiger partial charge >= 0.3 is 0 Å². The lowest BCUT2D eigenvalue weighted by Crippen LogP contribution is -2.48. The number of fused-ring (bicyclic) bond motifs is 1. The van der Waals surface area contributed by atoms with Crippen molar-refractivity contribution in [2.45, 2.75) is 44.1 Å². The normalized spacial score (nSPS) is 24.8. The van der Waals surface area contributed by atoms with Crippen molar-refractivity contribution in [2.24, 2.45) is 0 Å². The quantitative estimate of drug-likeness (QED) is 0.892.